The quantitative estimate of drug-likeness (QED) is 0.0222. The van der Waals surface area contributed by atoms with E-state index in [0.717, 1.165) is 114 Å². The van der Waals surface area contributed by atoms with Crippen LogP contribution in [0, 0.1) is 23.7 Å². The average Bonchev–Trinajstić information content (AvgIpc) is 1.72. The summed E-state index contributed by atoms with van der Waals surface area (Å²) in [5.41, 5.74) is 0. The van der Waals surface area contributed by atoms with Crippen molar-refractivity contribution < 1.29 is 80.2 Å². The van der Waals surface area contributed by atoms with Crippen LogP contribution in [0.2, 0.25) is 0 Å². The lowest BCUT2D eigenvalue weighted by molar-refractivity contribution is -0.161. The monoisotopic (exact) mass is 1400 g/mol. The molecule has 0 saturated carbocycles. The first-order valence-electron chi connectivity index (χ1n) is 39.2. The van der Waals surface area contributed by atoms with E-state index in [1.807, 2.05) is 0 Å². The summed E-state index contributed by atoms with van der Waals surface area (Å²) in [7, 11) is -9.91. The second kappa shape index (κ2) is 65.4. The molecule has 17 nitrogen and oxygen atoms in total. The Morgan fingerprint density at radius 3 is 0.747 bits per heavy atom. The lowest BCUT2D eigenvalue weighted by Crippen LogP contribution is -2.30. The summed E-state index contributed by atoms with van der Waals surface area (Å²) in [6.07, 6.45) is 50.1. The van der Waals surface area contributed by atoms with Gasteiger partial charge in [-0.05, 0) is 49.4 Å². The number of rotatable bonds is 73. The van der Waals surface area contributed by atoms with Crippen molar-refractivity contribution in [2.75, 3.05) is 39.6 Å². The highest BCUT2D eigenvalue weighted by Gasteiger charge is 2.30. The van der Waals surface area contributed by atoms with Crippen LogP contribution in [0.5, 0.6) is 0 Å². The van der Waals surface area contributed by atoms with Crippen molar-refractivity contribution in [3.05, 3.63) is 0 Å². The zero-order chi connectivity index (χ0) is 70.3. The van der Waals surface area contributed by atoms with Gasteiger partial charge in [-0.1, -0.05) is 331 Å². The molecule has 0 rings (SSSR count). The molecular formula is C76H148O17P2. The Morgan fingerprint density at radius 1 is 0.295 bits per heavy atom. The Hall–Kier alpha value is -1.94. The molecule has 564 valence electrons. The lowest BCUT2D eigenvalue weighted by atomic mass is 9.99. The molecule has 0 aliphatic carbocycles. The van der Waals surface area contributed by atoms with Crippen LogP contribution < -0.4 is 0 Å². The lowest BCUT2D eigenvalue weighted by Gasteiger charge is -2.21. The molecule has 0 fully saturated rings. The number of phosphoric acid groups is 2. The third-order valence-electron chi connectivity index (χ3n) is 17.9. The summed E-state index contributed by atoms with van der Waals surface area (Å²) in [5.74, 6) is 0.918. The molecule has 0 heterocycles. The maximum atomic E-state index is 13.1. The van der Waals surface area contributed by atoms with Crippen LogP contribution in [0.25, 0.3) is 0 Å². The minimum absolute atomic E-state index is 0.104. The highest BCUT2D eigenvalue weighted by molar-refractivity contribution is 7.47. The number of aliphatic hydroxyl groups excluding tert-OH is 1. The molecule has 0 amide bonds. The van der Waals surface area contributed by atoms with E-state index < -0.39 is 97.5 Å². The van der Waals surface area contributed by atoms with Gasteiger partial charge < -0.3 is 33.8 Å². The van der Waals surface area contributed by atoms with Crippen molar-refractivity contribution in [2.24, 2.45) is 23.7 Å². The molecular weight excluding hydrogens is 1250 g/mol. The zero-order valence-electron chi connectivity index (χ0n) is 62.3. The number of carbonyl (C=O) groups is 4. The van der Waals surface area contributed by atoms with Gasteiger partial charge in [0.05, 0.1) is 26.4 Å². The predicted octanol–water partition coefficient (Wildman–Crippen LogP) is 22.0. The number of hydrogen-bond acceptors (Lipinski definition) is 15. The van der Waals surface area contributed by atoms with Gasteiger partial charge in [0.15, 0.2) is 12.2 Å². The van der Waals surface area contributed by atoms with Crippen LogP contribution in [0.1, 0.15) is 383 Å². The highest BCUT2D eigenvalue weighted by Crippen LogP contribution is 2.45. The molecule has 6 atom stereocenters. The number of unbranched alkanes of at least 4 members (excludes halogenated alkanes) is 38. The normalized spacial score (nSPS) is 14.4. The second-order valence-corrected chi connectivity index (χ2v) is 32.0. The Bertz CT molecular complexity index is 1870. The summed E-state index contributed by atoms with van der Waals surface area (Å²) >= 11 is 0. The summed E-state index contributed by atoms with van der Waals surface area (Å²) in [4.78, 5) is 72.7. The average molecular weight is 1400 g/mol. The van der Waals surface area contributed by atoms with Crippen LogP contribution >= 0.6 is 15.6 Å². The number of ether oxygens (including phenoxy) is 4. The fraction of sp³-hybridized carbons (Fsp3) is 0.947. The third-order valence-corrected chi connectivity index (χ3v) is 19.8. The van der Waals surface area contributed by atoms with Gasteiger partial charge in [0.2, 0.25) is 0 Å². The maximum absolute atomic E-state index is 13.1. The van der Waals surface area contributed by atoms with Crippen LogP contribution in [0.3, 0.4) is 0 Å². The van der Waals surface area contributed by atoms with Crippen molar-refractivity contribution in [1.82, 2.24) is 0 Å². The molecule has 95 heavy (non-hydrogen) atoms. The Balaban J connectivity index is 5.19. The molecule has 0 radical (unpaired) electrons. The van der Waals surface area contributed by atoms with Gasteiger partial charge in [0, 0.05) is 25.7 Å². The third kappa shape index (κ3) is 69.0. The topological polar surface area (TPSA) is 237 Å². The van der Waals surface area contributed by atoms with Crippen molar-refractivity contribution in [3.63, 3.8) is 0 Å². The van der Waals surface area contributed by atoms with Crippen molar-refractivity contribution in [1.29, 1.82) is 0 Å². The van der Waals surface area contributed by atoms with Crippen LogP contribution in [-0.2, 0) is 65.4 Å². The minimum atomic E-state index is -4.96. The maximum Gasteiger partial charge on any atom is 0.472 e. The molecule has 0 spiro atoms. The molecule has 0 aromatic heterocycles. The molecule has 0 aliphatic rings. The SMILES string of the molecule is CCC(C)CCCCCCCCCCCCCCCCC(=O)O[C@H](COC(=O)CCCCCCCCC(C)C)COP(=O)(O)OC[C@H](O)COP(=O)(O)OC[C@@H](COC(=O)CCCCCCCCCCCCCCCCC(C)C)OC(=O)CCCCCCCCCCC(C)C. The number of esters is 4. The van der Waals surface area contributed by atoms with Crippen molar-refractivity contribution in [3.8, 4) is 0 Å². The first-order chi connectivity index (χ1) is 45.6. The summed E-state index contributed by atoms with van der Waals surface area (Å²) in [6, 6.07) is 0. The first-order valence-corrected chi connectivity index (χ1v) is 42.2. The Morgan fingerprint density at radius 2 is 0.505 bits per heavy atom. The van der Waals surface area contributed by atoms with Crippen LogP contribution in [0.4, 0.5) is 0 Å². The van der Waals surface area contributed by atoms with Crippen molar-refractivity contribution in [2.45, 2.75) is 401 Å². The molecule has 0 aromatic carbocycles. The Kier molecular flexibility index (Phi) is 64.0. The van der Waals surface area contributed by atoms with Gasteiger partial charge >= 0.3 is 39.5 Å². The predicted molar refractivity (Wildman–Crippen MR) is 386 cm³/mol. The standard InChI is InChI=1S/C76H148O17P2/c1-9-69(8)55-47-39-30-23-19-15-11-13-17-21-25-32-42-50-58-75(80)92-72(63-87-74(79)57-49-41-35-34-38-46-54-68(6)7)65-91-95(84,85)89-61-70(77)60-88-94(82,83)90-64-71(93-76(81)59-51-43-33-27-26-29-37-45-53-67(4)5)62-86-73(78)56-48-40-31-24-20-16-12-10-14-18-22-28-36-44-52-66(2)3/h66-72,77H,9-65H2,1-8H3,(H,82,83)(H,84,85)/t69?,70-,71-,72-/m1/s1. The van der Waals surface area contributed by atoms with E-state index in [4.69, 9.17) is 37.0 Å². The fourth-order valence-electron chi connectivity index (χ4n) is 11.5. The number of carbonyl (C=O) groups excluding carboxylic acids is 4. The minimum Gasteiger partial charge on any atom is -0.462 e. The van der Waals surface area contributed by atoms with Crippen molar-refractivity contribution >= 4 is 39.5 Å². The van der Waals surface area contributed by atoms with Gasteiger partial charge in [-0.2, -0.15) is 0 Å². The van der Waals surface area contributed by atoms with Gasteiger partial charge in [0.25, 0.3) is 0 Å². The van der Waals surface area contributed by atoms with E-state index >= 15 is 0 Å². The van der Waals surface area contributed by atoms with Crippen LogP contribution in [0.15, 0.2) is 0 Å². The number of hydrogen-bond donors (Lipinski definition) is 3. The number of aliphatic hydroxyl groups is 1. The van der Waals surface area contributed by atoms with E-state index in [9.17, 15) is 43.2 Å². The molecule has 0 aliphatic heterocycles. The highest BCUT2D eigenvalue weighted by atomic mass is 31.2. The van der Waals surface area contributed by atoms with E-state index in [0.29, 0.717) is 31.6 Å². The molecule has 0 bridgehead atoms. The molecule has 0 aromatic rings. The second-order valence-electron chi connectivity index (χ2n) is 29.1. The molecule has 0 saturated heterocycles. The number of phosphoric ester groups is 2. The van der Waals surface area contributed by atoms with E-state index in [1.165, 1.54) is 180 Å². The van der Waals surface area contributed by atoms with Gasteiger partial charge in [-0.25, -0.2) is 9.13 Å². The summed E-state index contributed by atoms with van der Waals surface area (Å²) < 4.78 is 68.5. The molecule has 3 unspecified atom stereocenters. The molecule has 19 heteroatoms. The Labute approximate surface area is 581 Å². The summed E-state index contributed by atoms with van der Waals surface area (Å²) in [5, 5.41) is 10.6. The molecule has 3 N–H and O–H groups in total. The largest absolute Gasteiger partial charge is 0.472 e. The van der Waals surface area contributed by atoms with Gasteiger partial charge in [0.1, 0.15) is 19.3 Å². The van der Waals surface area contributed by atoms with Crippen LogP contribution in [-0.4, -0.2) is 96.7 Å². The van der Waals surface area contributed by atoms with E-state index in [1.54, 1.807) is 0 Å². The fourth-order valence-corrected chi connectivity index (χ4v) is 13.1. The van der Waals surface area contributed by atoms with Gasteiger partial charge in [-0.3, -0.25) is 37.3 Å². The van der Waals surface area contributed by atoms with Gasteiger partial charge in [-0.15, -0.1) is 0 Å². The van der Waals surface area contributed by atoms with E-state index in [-0.39, 0.29) is 25.7 Å². The zero-order valence-corrected chi connectivity index (χ0v) is 64.1. The first kappa shape index (κ1) is 93.1. The smallest absolute Gasteiger partial charge is 0.462 e. The van der Waals surface area contributed by atoms with E-state index in [2.05, 4.69) is 55.4 Å². The summed E-state index contributed by atoms with van der Waals surface area (Å²) in [6.45, 7) is 14.2.